The van der Waals surface area contributed by atoms with Gasteiger partial charge in [-0.25, -0.2) is 0 Å². The predicted molar refractivity (Wildman–Crippen MR) is 71.6 cm³/mol. The lowest BCUT2D eigenvalue weighted by atomic mass is 9.71. The fraction of sp³-hybridized carbons (Fsp3) is 0.929. The van der Waals surface area contributed by atoms with E-state index in [0.29, 0.717) is 11.5 Å². The van der Waals surface area contributed by atoms with Gasteiger partial charge in [0.25, 0.3) is 0 Å². The van der Waals surface area contributed by atoms with Crippen molar-refractivity contribution < 1.29 is 4.79 Å². The highest BCUT2D eigenvalue weighted by atomic mass is 16.1. The fourth-order valence-electron chi connectivity index (χ4n) is 2.69. The molecule has 0 aromatic carbocycles. The van der Waals surface area contributed by atoms with E-state index in [1.165, 1.54) is 12.8 Å². The van der Waals surface area contributed by atoms with Crippen LogP contribution >= 0.6 is 0 Å². The van der Waals surface area contributed by atoms with Crippen LogP contribution in [0.2, 0.25) is 0 Å². The Morgan fingerprint density at radius 2 is 1.53 bits per heavy atom. The molecule has 1 fully saturated rings. The van der Waals surface area contributed by atoms with Crippen LogP contribution in [0.3, 0.4) is 0 Å². The minimum Gasteiger partial charge on any atom is -0.368 e. The number of rotatable bonds is 3. The molecule has 0 aromatic heterocycles. The number of amides is 1. The number of carbonyl (C=O) groups is 1. The van der Waals surface area contributed by atoms with Gasteiger partial charge in [0, 0.05) is 6.04 Å². The van der Waals surface area contributed by atoms with Crippen LogP contribution in [0, 0.1) is 11.3 Å². The lowest BCUT2D eigenvalue weighted by Crippen LogP contribution is -2.55. The molecule has 0 aromatic rings. The molecular weight excluding hydrogens is 212 g/mol. The molecule has 0 spiro atoms. The average molecular weight is 240 g/mol. The Labute approximate surface area is 106 Å². The topological polar surface area (TPSA) is 55.1 Å². The van der Waals surface area contributed by atoms with E-state index in [-0.39, 0.29) is 5.91 Å². The van der Waals surface area contributed by atoms with Crippen molar-refractivity contribution in [3.63, 3.8) is 0 Å². The Morgan fingerprint density at radius 3 is 1.88 bits per heavy atom. The largest absolute Gasteiger partial charge is 0.368 e. The average Bonchev–Trinajstić information content (AvgIpc) is 2.16. The molecule has 0 bridgehead atoms. The summed E-state index contributed by atoms with van der Waals surface area (Å²) in [5.74, 6) is 0.535. The molecule has 1 saturated carbocycles. The molecule has 3 nitrogen and oxygen atoms in total. The molecule has 3 N–H and O–H groups in total. The van der Waals surface area contributed by atoms with E-state index in [1.54, 1.807) is 0 Å². The molecule has 0 radical (unpaired) electrons. The van der Waals surface area contributed by atoms with Crippen LogP contribution in [0.4, 0.5) is 0 Å². The van der Waals surface area contributed by atoms with E-state index < -0.39 is 5.54 Å². The highest BCUT2D eigenvalue weighted by Crippen LogP contribution is 2.38. The van der Waals surface area contributed by atoms with Crippen molar-refractivity contribution in [1.29, 1.82) is 0 Å². The molecule has 1 aliphatic carbocycles. The number of nitrogens with one attached hydrogen (secondary N) is 1. The summed E-state index contributed by atoms with van der Waals surface area (Å²) < 4.78 is 0. The van der Waals surface area contributed by atoms with Crippen LogP contribution in [0.5, 0.6) is 0 Å². The highest BCUT2D eigenvalue weighted by Gasteiger charge is 2.33. The highest BCUT2D eigenvalue weighted by molar-refractivity contribution is 5.83. The van der Waals surface area contributed by atoms with Crippen molar-refractivity contribution in [3.8, 4) is 0 Å². The molecule has 1 aliphatic rings. The molecule has 3 heteroatoms. The first-order valence-corrected chi connectivity index (χ1v) is 6.70. The van der Waals surface area contributed by atoms with Gasteiger partial charge >= 0.3 is 0 Å². The van der Waals surface area contributed by atoms with Gasteiger partial charge in [-0.05, 0) is 50.9 Å². The monoisotopic (exact) mass is 240 g/mol. The Morgan fingerprint density at radius 1 is 1.06 bits per heavy atom. The normalized spacial score (nSPS) is 26.9. The van der Waals surface area contributed by atoms with E-state index >= 15 is 0 Å². The summed E-state index contributed by atoms with van der Waals surface area (Å²) in [4.78, 5) is 11.3. The number of nitrogens with two attached hydrogens (primary N) is 1. The maximum Gasteiger partial charge on any atom is 0.237 e. The summed E-state index contributed by atoms with van der Waals surface area (Å²) in [6, 6.07) is 0.441. The van der Waals surface area contributed by atoms with E-state index in [1.807, 2.05) is 13.8 Å². The Bertz CT molecular complexity index is 270. The fourth-order valence-corrected chi connectivity index (χ4v) is 2.69. The summed E-state index contributed by atoms with van der Waals surface area (Å²) in [6.07, 6.45) is 4.79. The van der Waals surface area contributed by atoms with Gasteiger partial charge in [-0.15, -0.1) is 0 Å². The van der Waals surface area contributed by atoms with Crippen molar-refractivity contribution in [2.24, 2.45) is 17.1 Å². The lowest BCUT2D eigenvalue weighted by molar-refractivity contribution is -0.123. The third-order valence-electron chi connectivity index (χ3n) is 4.13. The first-order chi connectivity index (χ1) is 7.63. The summed E-state index contributed by atoms with van der Waals surface area (Å²) in [7, 11) is 0. The number of carbonyl (C=O) groups excluding carboxylic acids is 1. The molecule has 0 atom stereocenters. The number of hydrogen-bond donors (Lipinski definition) is 2. The zero-order valence-corrected chi connectivity index (χ0v) is 12.0. The molecular formula is C14H28N2O. The maximum absolute atomic E-state index is 11.3. The van der Waals surface area contributed by atoms with Gasteiger partial charge < -0.3 is 11.1 Å². The van der Waals surface area contributed by atoms with Gasteiger partial charge in [0.15, 0.2) is 0 Å². The van der Waals surface area contributed by atoms with Crippen molar-refractivity contribution in [2.45, 2.75) is 71.9 Å². The Kier molecular flexibility index (Phi) is 4.23. The molecule has 100 valence electrons. The zero-order valence-electron chi connectivity index (χ0n) is 12.0. The Balaban J connectivity index is 2.46. The van der Waals surface area contributed by atoms with Crippen LogP contribution < -0.4 is 11.1 Å². The molecule has 0 aliphatic heterocycles. The summed E-state index contributed by atoms with van der Waals surface area (Å²) in [5.41, 5.74) is 5.21. The van der Waals surface area contributed by atoms with Crippen LogP contribution in [0.25, 0.3) is 0 Å². The standard InChI is InChI=1S/C14H28N2O/c1-13(2,3)10-6-8-11(9-7-10)16-14(4,5)12(15)17/h10-11,16H,6-9H2,1-5H3,(H2,15,17). The zero-order chi connectivity index (χ0) is 13.3. The molecule has 0 saturated heterocycles. The second kappa shape index (κ2) is 4.97. The first kappa shape index (κ1) is 14.5. The summed E-state index contributed by atoms with van der Waals surface area (Å²) in [5, 5.41) is 3.39. The van der Waals surface area contributed by atoms with Crippen molar-refractivity contribution in [1.82, 2.24) is 5.32 Å². The smallest absolute Gasteiger partial charge is 0.237 e. The van der Waals surface area contributed by atoms with Crippen molar-refractivity contribution >= 4 is 5.91 Å². The van der Waals surface area contributed by atoms with Crippen LogP contribution in [0.15, 0.2) is 0 Å². The second-order valence-electron chi connectivity index (χ2n) is 7.05. The van der Waals surface area contributed by atoms with E-state index in [4.69, 9.17) is 5.73 Å². The van der Waals surface area contributed by atoms with Crippen LogP contribution in [-0.2, 0) is 4.79 Å². The third-order valence-corrected chi connectivity index (χ3v) is 4.13. The van der Waals surface area contributed by atoms with Gasteiger partial charge in [0.2, 0.25) is 5.91 Å². The first-order valence-electron chi connectivity index (χ1n) is 6.70. The summed E-state index contributed by atoms with van der Waals surface area (Å²) >= 11 is 0. The SMILES string of the molecule is CC(C)(NC1CCC(C(C)(C)C)CC1)C(N)=O. The predicted octanol–water partition coefficient (Wildman–Crippen LogP) is 2.44. The molecule has 1 rings (SSSR count). The number of primary amides is 1. The van der Waals surface area contributed by atoms with Gasteiger partial charge in [-0.2, -0.15) is 0 Å². The molecule has 17 heavy (non-hydrogen) atoms. The van der Waals surface area contributed by atoms with Gasteiger partial charge in [0.05, 0.1) is 5.54 Å². The number of hydrogen-bond acceptors (Lipinski definition) is 2. The quantitative estimate of drug-likeness (QED) is 0.796. The third kappa shape index (κ3) is 3.98. The van der Waals surface area contributed by atoms with Crippen molar-refractivity contribution in [2.75, 3.05) is 0 Å². The lowest BCUT2D eigenvalue weighted by Gasteiger charge is -2.39. The van der Waals surface area contributed by atoms with E-state index in [9.17, 15) is 4.79 Å². The minimum absolute atomic E-state index is 0.268. The Hall–Kier alpha value is -0.570. The van der Waals surface area contributed by atoms with Crippen molar-refractivity contribution in [3.05, 3.63) is 0 Å². The molecule has 0 unspecified atom stereocenters. The van der Waals surface area contributed by atoms with Gasteiger partial charge in [-0.3, -0.25) is 4.79 Å². The van der Waals surface area contributed by atoms with Crippen LogP contribution in [-0.4, -0.2) is 17.5 Å². The molecule has 1 amide bonds. The van der Waals surface area contributed by atoms with Gasteiger partial charge in [-0.1, -0.05) is 20.8 Å². The second-order valence-corrected chi connectivity index (χ2v) is 7.05. The maximum atomic E-state index is 11.3. The summed E-state index contributed by atoms with van der Waals surface area (Å²) in [6.45, 7) is 10.7. The minimum atomic E-state index is -0.584. The van der Waals surface area contributed by atoms with Crippen LogP contribution in [0.1, 0.15) is 60.3 Å². The van der Waals surface area contributed by atoms with E-state index in [0.717, 1.165) is 18.8 Å². The molecule has 0 heterocycles. The van der Waals surface area contributed by atoms with E-state index in [2.05, 4.69) is 26.1 Å². The van der Waals surface area contributed by atoms with Gasteiger partial charge in [0.1, 0.15) is 0 Å².